The number of nitrogens with zero attached hydrogens (tertiary/aromatic N) is 3. The normalized spacial score (nSPS) is 17.7. The number of likely N-dealkylation sites (tertiary alicyclic amines) is 2. The van der Waals surface area contributed by atoms with Crippen molar-refractivity contribution in [2.75, 3.05) is 44.2 Å². The number of aryl methyl sites for hydroxylation is 1. The summed E-state index contributed by atoms with van der Waals surface area (Å²) in [7, 11) is 0. The fourth-order valence-electron chi connectivity index (χ4n) is 5.60. The van der Waals surface area contributed by atoms with E-state index in [0.717, 1.165) is 56.1 Å². The number of amides is 2. The van der Waals surface area contributed by atoms with Gasteiger partial charge in [0, 0.05) is 46.8 Å². The van der Waals surface area contributed by atoms with Crippen LogP contribution >= 0.6 is 34.2 Å². The molecule has 4 rings (SSSR count). The van der Waals surface area contributed by atoms with Gasteiger partial charge in [-0.15, -0.1) is 0 Å². The smallest absolute Gasteiger partial charge is 0.230 e. The van der Waals surface area contributed by atoms with Gasteiger partial charge in [0.1, 0.15) is 0 Å². The fourth-order valence-corrected chi connectivity index (χ4v) is 6.13. The summed E-state index contributed by atoms with van der Waals surface area (Å²) in [5.74, 6) is 0.965. The molecule has 200 valence electrons. The lowest BCUT2D eigenvalue weighted by Crippen LogP contribution is -2.45. The minimum Gasteiger partial charge on any atom is -0.343 e. The molecule has 0 atom stereocenters. The van der Waals surface area contributed by atoms with E-state index < -0.39 is 0 Å². The third-order valence-electron chi connectivity index (χ3n) is 8.02. The van der Waals surface area contributed by atoms with Crippen molar-refractivity contribution in [1.82, 2.24) is 9.80 Å². The Morgan fingerprint density at radius 3 is 2.30 bits per heavy atom. The topological polar surface area (TPSA) is 43.9 Å². The molecule has 0 saturated carbocycles. The number of benzene rings is 2. The van der Waals surface area contributed by atoms with Gasteiger partial charge in [-0.1, -0.05) is 29.8 Å². The third-order valence-corrected chi connectivity index (χ3v) is 9.15. The molecule has 0 radical (unpaired) electrons. The van der Waals surface area contributed by atoms with E-state index >= 15 is 0 Å². The largest absolute Gasteiger partial charge is 0.343 e. The summed E-state index contributed by atoms with van der Waals surface area (Å²) in [5.41, 5.74) is 3.34. The van der Waals surface area contributed by atoms with Gasteiger partial charge >= 0.3 is 0 Å². The SMILES string of the molecule is CC(=O)N1CCC(C(=O)N(CCCN2CCC(Cc3ccc([123I])cc3)CC2)c2ccc(C)c(Cl)c2)CC1. The Balaban J connectivity index is 1.31. The molecule has 2 fully saturated rings. The van der Waals surface area contributed by atoms with Crippen LogP contribution in [0.4, 0.5) is 5.69 Å². The van der Waals surface area contributed by atoms with E-state index in [2.05, 4.69) is 51.8 Å². The first-order chi connectivity index (χ1) is 17.8. The average Bonchev–Trinajstić information content (AvgIpc) is 2.90. The third kappa shape index (κ3) is 7.93. The molecule has 0 unspecified atom stereocenters. The summed E-state index contributed by atoms with van der Waals surface area (Å²) in [5, 5.41) is 0.692. The Kier molecular flexibility index (Phi) is 10.3. The monoisotopic (exact) mass is 631 g/mol. The van der Waals surface area contributed by atoms with Crippen molar-refractivity contribution >= 4 is 51.7 Å². The number of carbonyl (C=O) groups is 2. The Bertz CT molecular complexity index is 1060. The molecule has 2 saturated heterocycles. The molecule has 2 amide bonds. The number of anilines is 1. The lowest BCUT2D eigenvalue weighted by molar-refractivity contribution is -0.133. The molecule has 0 aromatic heterocycles. The molecule has 0 aliphatic carbocycles. The first kappa shape index (κ1) is 28.4. The van der Waals surface area contributed by atoms with Crippen molar-refractivity contribution in [1.29, 1.82) is 0 Å². The van der Waals surface area contributed by atoms with Crippen molar-refractivity contribution in [3.05, 3.63) is 62.2 Å². The van der Waals surface area contributed by atoms with Crippen LogP contribution in [0.5, 0.6) is 0 Å². The molecule has 7 heteroatoms. The maximum atomic E-state index is 13.7. The molecule has 2 aromatic carbocycles. The maximum Gasteiger partial charge on any atom is 0.230 e. The molecular formula is C30H39ClIN3O2. The first-order valence-corrected chi connectivity index (χ1v) is 15.1. The van der Waals surface area contributed by atoms with Crippen LogP contribution < -0.4 is 4.90 Å². The second-order valence-corrected chi connectivity index (χ2v) is 12.3. The summed E-state index contributed by atoms with van der Waals surface area (Å²) in [6.07, 6.45) is 6.02. The van der Waals surface area contributed by atoms with Gasteiger partial charge in [-0.05, 0) is 129 Å². The second-order valence-electron chi connectivity index (χ2n) is 10.7. The predicted octanol–water partition coefficient (Wildman–Crippen LogP) is 6.19. The van der Waals surface area contributed by atoms with Crippen LogP contribution in [0.3, 0.4) is 0 Å². The summed E-state index contributed by atoms with van der Waals surface area (Å²) in [6, 6.07) is 14.9. The van der Waals surface area contributed by atoms with Gasteiger partial charge in [0.15, 0.2) is 0 Å². The Hall–Kier alpha value is -1.64. The van der Waals surface area contributed by atoms with Gasteiger partial charge in [0.05, 0.1) is 0 Å². The van der Waals surface area contributed by atoms with Crippen molar-refractivity contribution in [2.45, 2.75) is 52.4 Å². The zero-order chi connectivity index (χ0) is 26.4. The number of carbonyl (C=O) groups excluding carboxylic acids is 2. The highest BCUT2D eigenvalue weighted by atomic mass is 123. The minimum atomic E-state index is -0.0484. The van der Waals surface area contributed by atoms with Gasteiger partial charge in [0.25, 0.3) is 0 Å². The van der Waals surface area contributed by atoms with E-state index in [9.17, 15) is 9.59 Å². The van der Waals surface area contributed by atoms with E-state index in [1.807, 2.05) is 34.9 Å². The van der Waals surface area contributed by atoms with Gasteiger partial charge in [-0.3, -0.25) is 9.59 Å². The Morgan fingerprint density at radius 1 is 1.00 bits per heavy atom. The van der Waals surface area contributed by atoms with Crippen molar-refractivity contribution in [3.8, 4) is 0 Å². The van der Waals surface area contributed by atoms with Gasteiger partial charge < -0.3 is 14.7 Å². The molecule has 37 heavy (non-hydrogen) atoms. The lowest BCUT2D eigenvalue weighted by atomic mass is 9.90. The fraction of sp³-hybridized carbons (Fsp3) is 0.533. The summed E-state index contributed by atoms with van der Waals surface area (Å²) in [6.45, 7) is 8.85. The van der Waals surface area contributed by atoms with E-state index in [-0.39, 0.29) is 17.7 Å². The standard InChI is InChI=1S/C30H39ClIN3O2/c1-22-4-9-28(21-29(22)31)35(30(37)26-12-18-34(19-13-26)23(2)36)15-3-14-33-16-10-25(11-17-33)20-24-5-7-27(32)8-6-24/h4-9,21,25-26H,3,10-20H2,1-2H3/i32-4. The lowest BCUT2D eigenvalue weighted by Gasteiger charge is -2.35. The number of halogens is 2. The maximum absolute atomic E-state index is 13.7. The van der Waals surface area contributed by atoms with Crippen LogP contribution in [-0.4, -0.2) is 60.9 Å². The molecule has 2 aliphatic rings. The highest BCUT2D eigenvalue weighted by Crippen LogP contribution is 2.28. The molecule has 2 aromatic rings. The molecular weight excluding hydrogens is 593 g/mol. The summed E-state index contributed by atoms with van der Waals surface area (Å²) < 4.78 is 1.29. The molecule has 5 nitrogen and oxygen atoms in total. The van der Waals surface area contributed by atoms with E-state index in [0.29, 0.717) is 24.7 Å². The zero-order valence-corrected chi connectivity index (χ0v) is 25.0. The van der Waals surface area contributed by atoms with Crippen molar-refractivity contribution in [2.24, 2.45) is 11.8 Å². The van der Waals surface area contributed by atoms with Gasteiger partial charge in [-0.2, -0.15) is 0 Å². The van der Waals surface area contributed by atoms with Gasteiger partial charge in [-0.25, -0.2) is 0 Å². The predicted molar refractivity (Wildman–Crippen MR) is 160 cm³/mol. The quantitative estimate of drug-likeness (QED) is 0.327. The van der Waals surface area contributed by atoms with Crippen LogP contribution in [0.25, 0.3) is 0 Å². The summed E-state index contributed by atoms with van der Waals surface area (Å²) >= 11 is 8.81. The second kappa shape index (κ2) is 13.4. The number of hydrogen-bond donors (Lipinski definition) is 0. The Labute approximate surface area is 240 Å². The van der Waals surface area contributed by atoms with Crippen LogP contribution in [0.15, 0.2) is 42.5 Å². The van der Waals surface area contributed by atoms with Crippen LogP contribution in [0, 0.1) is 22.3 Å². The Morgan fingerprint density at radius 2 is 1.68 bits per heavy atom. The van der Waals surface area contributed by atoms with Gasteiger partial charge in [0.2, 0.25) is 11.8 Å². The van der Waals surface area contributed by atoms with Crippen LogP contribution in [-0.2, 0) is 16.0 Å². The molecule has 0 N–H and O–H groups in total. The molecule has 2 aliphatic heterocycles. The van der Waals surface area contributed by atoms with E-state index in [4.69, 9.17) is 11.6 Å². The average molecular weight is 632 g/mol. The zero-order valence-electron chi connectivity index (χ0n) is 22.1. The summed E-state index contributed by atoms with van der Waals surface area (Å²) in [4.78, 5) is 31.7. The van der Waals surface area contributed by atoms with Crippen molar-refractivity contribution < 1.29 is 9.59 Å². The number of piperidine rings is 2. The van der Waals surface area contributed by atoms with E-state index in [1.54, 1.807) is 6.92 Å². The molecule has 0 spiro atoms. The minimum absolute atomic E-state index is 0.0484. The van der Waals surface area contributed by atoms with Crippen molar-refractivity contribution in [3.63, 3.8) is 0 Å². The number of rotatable bonds is 8. The van der Waals surface area contributed by atoms with Crippen LogP contribution in [0.2, 0.25) is 5.02 Å². The first-order valence-electron chi connectivity index (χ1n) is 13.6. The highest BCUT2D eigenvalue weighted by molar-refractivity contribution is 14.1. The van der Waals surface area contributed by atoms with Crippen LogP contribution in [0.1, 0.15) is 50.2 Å². The highest BCUT2D eigenvalue weighted by Gasteiger charge is 2.30. The molecule has 2 heterocycles. The molecule has 0 bridgehead atoms. The number of hydrogen-bond acceptors (Lipinski definition) is 3. The van der Waals surface area contributed by atoms with E-state index in [1.165, 1.54) is 28.4 Å².